The molecule has 1 atom stereocenters. The molecule has 102 valence electrons. The molecule has 5 nitrogen and oxygen atoms in total. The largest absolute Gasteiger partial charge is 0.339 e. The van der Waals surface area contributed by atoms with E-state index in [1.807, 2.05) is 12.1 Å². The molecule has 0 aliphatic rings. The van der Waals surface area contributed by atoms with Crippen LogP contribution in [0.2, 0.25) is 0 Å². The van der Waals surface area contributed by atoms with Gasteiger partial charge in [0.1, 0.15) is 5.69 Å². The second-order valence-corrected chi connectivity index (χ2v) is 5.51. The number of hydrogen-bond acceptors (Lipinski definition) is 5. The molecule has 2 aromatic heterocycles. The van der Waals surface area contributed by atoms with Crippen molar-refractivity contribution >= 4 is 15.9 Å². The van der Waals surface area contributed by atoms with Crippen LogP contribution in [0.5, 0.6) is 0 Å². The molecule has 0 saturated carbocycles. The van der Waals surface area contributed by atoms with Crippen molar-refractivity contribution in [3.05, 3.63) is 28.7 Å². The first kappa shape index (κ1) is 14.1. The third-order valence-electron chi connectivity index (χ3n) is 2.94. The van der Waals surface area contributed by atoms with E-state index in [4.69, 9.17) is 10.3 Å². The Labute approximate surface area is 120 Å². The lowest BCUT2D eigenvalue weighted by molar-refractivity contribution is 0.362. The molecule has 2 N–H and O–H groups in total. The van der Waals surface area contributed by atoms with Crippen LogP contribution in [0.25, 0.3) is 11.5 Å². The number of nitrogens with two attached hydrogens (primary N) is 1. The fraction of sp³-hybridized carbons (Fsp3) is 0.462. The SMILES string of the molecule is CC(CCN)CCc1nc(-c2ccc(Br)cn2)no1. The Hall–Kier alpha value is -1.27. The van der Waals surface area contributed by atoms with E-state index < -0.39 is 0 Å². The zero-order chi connectivity index (χ0) is 13.7. The maximum Gasteiger partial charge on any atom is 0.227 e. The first-order valence-corrected chi connectivity index (χ1v) is 7.13. The molecule has 0 fully saturated rings. The molecule has 1 unspecified atom stereocenters. The first-order chi connectivity index (χ1) is 9.19. The summed E-state index contributed by atoms with van der Waals surface area (Å²) in [7, 11) is 0. The van der Waals surface area contributed by atoms with Crippen molar-refractivity contribution in [1.29, 1.82) is 0 Å². The minimum absolute atomic E-state index is 0.536. The Bertz CT molecular complexity index is 512. The maximum absolute atomic E-state index is 5.53. The summed E-state index contributed by atoms with van der Waals surface area (Å²) in [5.41, 5.74) is 6.24. The van der Waals surface area contributed by atoms with Gasteiger partial charge in [-0.05, 0) is 53.4 Å². The molecule has 2 heterocycles. The van der Waals surface area contributed by atoms with Gasteiger partial charge in [0, 0.05) is 17.1 Å². The second-order valence-electron chi connectivity index (χ2n) is 4.59. The third-order valence-corrected chi connectivity index (χ3v) is 3.40. The van der Waals surface area contributed by atoms with Crippen LogP contribution in [-0.2, 0) is 6.42 Å². The quantitative estimate of drug-likeness (QED) is 0.883. The summed E-state index contributed by atoms with van der Waals surface area (Å²) in [6, 6.07) is 3.76. The van der Waals surface area contributed by atoms with Crippen LogP contribution in [0.3, 0.4) is 0 Å². The van der Waals surface area contributed by atoms with Crippen molar-refractivity contribution in [1.82, 2.24) is 15.1 Å². The highest BCUT2D eigenvalue weighted by atomic mass is 79.9. The summed E-state index contributed by atoms with van der Waals surface area (Å²) >= 11 is 3.34. The first-order valence-electron chi connectivity index (χ1n) is 6.33. The Morgan fingerprint density at radius 3 is 2.89 bits per heavy atom. The molecule has 19 heavy (non-hydrogen) atoms. The molecular weight excluding hydrogens is 308 g/mol. The number of nitrogens with zero attached hydrogens (tertiary/aromatic N) is 3. The molecule has 2 aromatic rings. The van der Waals surface area contributed by atoms with Gasteiger partial charge in [0.15, 0.2) is 0 Å². The number of aromatic nitrogens is 3. The lowest BCUT2D eigenvalue weighted by atomic mass is 10.0. The molecule has 2 rings (SSSR count). The second kappa shape index (κ2) is 6.77. The fourth-order valence-corrected chi connectivity index (χ4v) is 2.00. The van der Waals surface area contributed by atoms with E-state index in [2.05, 4.69) is 38.0 Å². The van der Waals surface area contributed by atoms with Crippen molar-refractivity contribution < 1.29 is 4.52 Å². The molecule has 0 amide bonds. The predicted molar refractivity (Wildman–Crippen MR) is 76.4 cm³/mol. The van der Waals surface area contributed by atoms with Gasteiger partial charge in [0.2, 0.25) is 11.7 Å². The maximum atomic E-state index is 5.53. The molecule has 0 aromatic carbocycles. The Morgan fingerprint density at radius 2 is 2.21 bits per heavy atom. The lowest BCUT2D eigenvalue weighted by Crippen LogP contribution is -2.06. The van der Waals surface area contributed by atoms with Crippen LogP contribution < -0.4 is 5.73 Å². The topological polar surface area (TPSA) is 77.8 Å². The van der Waals surface area contributed by atoms with E-state index >= 15 is 0 Å². The Morgan fingerprint density at radius 1 is 1.37 bits per heavy atom. The van der Waals surface area contributed by atoms with Crippen molar-refractivity contribution in [3.8, 4) is 11.5 Å². The lowest BCUT2D eigenvalue weighted by Gasteiger charge is -2.06. The van der Waals surface area contributed by atoms with Gasteiger partial charge in [-0.25, -0.2) is 0 Å². The normalized spacial score (nSPS) is 12.6. The summed E-state index contributed by atoms with van der Waals surface area (Å²) < 4.78 is 6.16. The summed E-state index contributed by atoms with van der Waals surface area (Å²) in [4.78, 5) is 8.59. The van der Waals surface area contributed by atoms with E-state index in [0.29, 0.717) is 23.3 Å². The van der Waals surface area contributed by atoms with Crippen molar-refractivity contribution in [2.75, 3.05) is 6.54 Å². The van der Waals surface area contributed by atoms with Crippen LogP contribution in [0.1, 0.15) is 25.7 Å². The smallest absolute Gasteiger partial charge is 0.227 e. The fourth-order valence-electron chi connectivity index (χ4n) is 1.77. The predicted octanol–water partition coefficient (Wildman–Crippen LogP) is 2.81. The molecule has 0 bridgehead atoms. The van der Waals surface area contributed by atoms with Gasteiger partial charge in [-0.2, -0.15) is 4.98 Å². The summed E-state index contributed by atoms with van der Waals surface area (Å²) in [6.07, 6.45) is 4.53. The van der Waals surface area contributed by atoms with Gasteiger partial charge in [-0.3, -0.25) is 4.98 Å². The van der Waals surface area contributed by atoms with Crippen molar-refractivity contribution in [3.63, 3.8) is 0 Å². The molecule has 0 radical (unpaired) electrons. The number of pyridine rings is 1. The standard InChI is InChI=1S/C13H17BrN4O/c1-9(6-7-15)2-5-12-17-13(18-19-12)11-4-3-10(14)8-16-11/h3-4,8-9H,2,5-7,15H2,1H3. The van der Waals surface area contributed by atoms with E-state index in [1.54, 1.807) is 6.20 Å². The van der Waals surface area contributed by atoms with Gasteiger partial charge in [0.05, 0.1) is 0 Å². The van der Waals surface area contributed by atoms with Crippen LogP contribution in [0.4, 0.5) is 0 Å². The molecular formula is C13H17BrN4O. The number of rotatable bonds is 6. The van der Waals surface area contributed by atoms with Gasteiger partial charge in [-0.15, -0.1) is 0 Å². The highest BCUT2D eigenvalue weighted by molar-refractivity contribution is 9.10. The highest BCUT2D eigenvalue weighted by Gasteiger charge is 2.11. The minimum Gasteiger partial charge on any atom is -0.339 e. The average molecular weight is 325 g/mol. The Kier molecular flexibility index (Phi) is 5.04. The van der Waals surface area contributed by atoms with Crippen molar-refractivity contribution in [2.24, 2.45) is 11.7 Å². The zero-order valence-corrected chi connectivity index (χ0v) is 12.4. The summed E-state index contributed by atoms with van der Waals surface area (Å²) in [6.45, 7) is 2.90. The zero-order valence-electron chi connectivity index (χ0n) is 10.8. The molecule has 0 aliphatic carbocycles. The van der Waals surface area contributed by atoms with Gasteiger partial charge >= 0.3 is 0 Å². The van der Waals surface area contributed by atoms with E-state index in [0.717, 1.165) is 30.3 Å². The summed E-state index contributed by atoms with van der Waals surface area (Å²) in [5, 5.41) is 3.95. The highest BCUT2D eigenvalue weighted by Crippen LogP contribution is 2.17. The van der Waals surface area contributed by atoms with Gasteiger partial charge in [-0.1, -0.05) is 12.1 Å². The van der Waals surface area contributed by atoms with Gasteiger partial charge < -0.3 is 10.3 Å². The van der Waals surface area contributed by atoms with Crippen molar-refractivity contribution in [2.45, 2.75) is 26.2 Å². The molecule has 0 aliphatic heterocycles. The van der Waals surface area contributed by atoms with Crippen LogP contribution in [0, 0.1) is 5.92 Å². The molecule has 0 saturated heterocycles. The molecule has 0 spiro atoms. The van der Waals surface area contributed by atoms with E-state index in [1.165, 1.54) is 0 Å². The third kappa shape index (κ3) is 4.11. The average Bonchev–Trinajstić information content (AvgIpc) is 2.86. The minimum atomic E-state index is 0.536. The van der Waals surface area contributed by atoms with E-state index in [-0.39, 0.29) is 0 Å². The van der Waals surface area contributed by atoms with Gasteiger partial charge in [0.25, 0.3) is 0 Å². The van der Waals surface area contributed by atoms with Crippen LogP contribution >= 0.6 is 15.9 Å². The number of hydrogen-bond donors (Lipinski definition) is 1. The summed E-state index contributed by atoms with van der Waals surface area (Å²) in [5.74, 6) is 1.77. The Balaban J connectivity index is 1.97. The van der Waals surface area contributed by atoms with Crippen LogP contribution in [-0.4, -0.2) is 21.7 Å². The van der Waals surface area contributed by atoms with E-state index in [9.17, 15) is 0 Å². The number of halogens is 1. The molecule has 6 heteroatoms. The number of aryl methyl sites for hydroxylation is 1. The monoisotopic (exact) mass is 324 g/mol. The van der Waals surface area contributed by atoms with Crippen LogP contribution in [0.15, 0.2) is 27.3 Å².